The van der Waals surface area contributed by atoms with Crippen LogP contribution in [-0.4, -0.2) is 80.6 Å². The van der Waals surface area contributed by atoms with Gasteiger partial charge in [0.25, 0.3) is 0 Å². The highest BCUT2D eigenvalue weighted by Gasteiger charge is 2.31. The van der Waals surface area contributed by atoms with Gasteiger partial charge in [-0.05, 0) is 64.2 Å². The van der Waals surface area contributed by atoms with Gasteiger partial charge in [-0.1, -0.05) is 150 Å². The normalized spacial score (nSPS) is 13.8. The Morgan fingerprint density at radius 1 is 0.571 bits per heavy atom. The molecule has 0 aromatic heterocycles. The van der Waals surface area contributed by atoms with Crippen LogP contribution in [0, 0.1) is 0 Å². The van der Waals surface area contributed by atoms with E-state index in [9.17, 15) is 19.5 Å². The maximum absolute atomic E-state index is 12.7. The van der Waals surface area contributed by atoms with Gasteiger partial charge in [-0.15, -0.1) is 0 Å². The lowest BCUT2D eigenvalue weighted by Crippen LogP contribution is -2.50. The van der Waals surface area contributed by atoms with Crippen molar-refractivity contribution in [2.45, 2.75) is 161 Å². The van der Waals surface area contributed by atoms with Crippen LogP contribution in [0.15, 0.2) is 85.1 Å². The predicted octanol–water partition coefficient (Wildman–Crippen LogP) is 11.7. The molecule has 0 aliphatic heterocycles. The van der Waals surface area contributed by atoms with E-state index in [2.05, 4.69) is 50.3 Å². The molecule has 0 radical (unpaired) electrons. The Hall–Kier alpha value is -3.49. The summed E-state index contributed by atoms with van der Waals surface area (Å²) in [6, 6.07) is -0.628. The van der Waals surface area contributed by atoms with E-state index in [1.165, 1.54) is 51.4 Å². The standard InChI is InChI=1S/C48H79NO7/c1-6-8-10-12-14-16-18-20-22-23-25-26-28-30-32-34-36-38-46(50)55-43-44(42-54-41-40-45(48(52)53)49(3,4)5)56-47(51)39-37-35-33-31-29-27-24-21-19-17-15-13-11-9-7-2/h9,11,13-17,19-22,24,27,29,44-45H,6-8,10,12,18,23,25-26,28,30-43H2,1-5H3/p+1/b11-9+,15-13+,16-14+,19-17+,22-20+,24-21+,29-27+. The molecule has 0 heterocycles. The monoisotopic (exact) mass is 783 g/mol. The number of carbonyl (C=O) groups is 3. The second-order valence-electron chi connectivity index (χ2n) is 15.3. The molecule has 0 saturated carbocycles. The number of carboxylic acids is 1. The predicted molar refractivity (Wildman–Crippen MR) is 233 cm³/mol. The van der Waals surface area contributed by atoms with Gasteiger partial charge in [0.05, 0.1) is 34.4 Å². The number of unbranched alkanes of at least 4 members (excludes halogenated alkanes) is 13. The number of quaternary nitrogens is 1. The number of rotatable bonds is 37. The Labute approximate surface area is 342 Å². The van der Waals surface area contributed by atoms with Gasteiger partial charge >= 0.3 is 17.9 Å². The van der Waals surface area contributed by atoms with Crippen molar-refractivity contribution in [1.29, 1.82) is 0 Å². The summed E-state index contributed by atoms with van der Waals surface area (Å²) in [5, 5.41) is 9.61. The van der Waals surface area contributed by atoms with Gasteiger partial charge < -0.3 is 23.8 Å². The third kappa shape index (κ3) is 36.2. The lowest BCUT2D eigenvalue weighted by atomic mass is 10.1. The van der Waals surface area contributed by atoms with E-state index < -0.39 is 18.1 Å². The van der Waals surface area contributed by atoms with E-state index in [0.29, 0.717) is 19.3 Å². The summed E-state index contributed by atoms with van der Waals surface area (Å²) in [5.41, 5.74) is 0. The molecular weight excluding hydrogens is 703 g/mol. The van der Waals surface area contributed by atoms with Crippen LogP contribution in [0.3, 0.4) is 0 Å². The Kier molecular flexibility index (Phi) is 36.0. The van der Waals surface area contributed by atoms with Crippen molar-refractivity contribution in [2.24, 2.45) is 0 Å². The van der Waals surface area contributed by atoms with Crippen LogP contribution in [0.1, 0.15) is 149 Å². The van der Waals surface area contributed by atoms with Crippen LogP contribution in [0.2, 0.25) is 0 Å². The zero-order valence-electron chi connectivity index (χ0n) is 36.1. The molecule has 56 heavy (non-hydrogen) atoms. The maximum Gasteiger partial charge on any atom is 0.362 e. The molecule has 8 heteroatoms. The first-order chi connectivity index (χ1) is 27.1. The van der Waals surface area contributed by atoms with Crippen LogP contribution < -0.4 is 0 Å². The number of hydrogen-bond donors (Lipinski definition) is 1. The fourth-order valence-electron chi connectivity index (χ4n) is 5.79. The third-order valence-electron chi connectivity index (χ3n) is 9.16. The average molecular weight is 783 g/mol. The van der Waals surface area contributed by atoms with Gasteiger partial charge in [0.1, 0.15) is 6.61 Å². The maximum atomic E-state index is 12.7. The van der Waals surface area contributed by atoms with Crippen LogP contribution in [0.4, 0.5) is 0 Å². The van der Waals surface area contributed by atoms with Crippen LogP contribution in [-0.2, 0) is 28.6 Å². The van der Waals surface area contributed by atoms with Crippen LogP contribution in [0.25, 0.3) is 0 Å². The number of allylic oxidation sites excluding steroid dienone is 14. The molecule has 318 valence electrons. The van der Waals surface area contributed by atoms with Gasteiger partial charge in [0.2, 0.25) is 0 Å². The molecular formula is C48H80NO7+. The van der Waals surface area contributed by atoms with Crippen molar-refractivity contribution in [3.8, 4) is 0 Å². The fourth-order valence-corrected chi connectivity index (χ4v) is 5.79. The van der Waals surface area contributed by atoms with Crippen molar-refractivity contribution in [3.05, 3.63) is 85.1 Å². The Morgan fingerprint density at radius 3 is 1.64 bits per heavy atom. The molecule has 0 saturated heterocycles. The summed E-state index contributed by atoms with van der Waals surface area (Å²) in [4.78, 5) is 37.0. The molecule has 0 fully saturated rings. The summed E-state index contributed by atoms with van der Waals surface area (Å²) < 4.78 is 17.2. The van der Waals surface area contributed by atoms with Crippen molar-refractivity contribution in [3.63, 3.8) is 0 Å². The molecule has 0 amide bonds. The molecule has 0 spiro atoms. The van der Waals surface area contributed by atoms with Gasteiger partial charge in [-0.3, -0.25) is 9.59 Å². The highest BCUT2D eigenvalue weighted by molar-refractivity contribution is 5.72. The first-order valence-corrected chi connectivity index (χ1v) is 21.7. The van der Waals surface area contributed by atoms with E-state index >= 15 is 0 Å². The number of hydrogen-bond acceptors (Lipinski definition) is 6. The molecule has 0 aromatic rings. The van der Waals surface area contributed by atoms with Crippen LogP contribution >= 0.6 is 0 Å². The molecule has 1 N–H and O–H groups in total. The molecule has 0 aromatic carbocycles. The number of ether oxygens (including phenoxy) is 3. The zero-order chi connectivity index (χ0) is 41.4. The number of likely N-dealkylation sites (N-methyl/N-ethyl adjacent to an activating group) is 1. The molecule has 2 atom stereocenters. The van der Waals surface area contributed by atoms with E-state index in [1.54, 1.807) is 0 Å². The lowest BCUT2D eigenvalue weighted by Gasteiger charge is -2.31. The minimum atomic E-state index is -0.888. The molecule has 0 rings (SSSR count). The number of nitrogens with zero attached hydrogens (tertiary/aromatic N) is 1. The van der Waals surface area contributed by atoms with Crippen LogP contribution in [0.5, 0.6) is 0 Å². The Bertz CT molecular complexity index is 1190. The second-order valence-corrected chi connectivity index (χ2v) is 15.3. The van der Waals surface area contributed by atoms with Crippen molar-refractivity contribution >= 4 is 17.9 Å². The van der Waals surface area contributed by atoms with Crippen molar-refractivity contribution in [2.75, 3.05) is 41.0 Å². The smallest absolute Gasteiger partial charge is 0.362 e. The average Bonchev–Trinajstić information content (AvgIpc) is 3.15. The summed E-state index contributed by atoms with van der Waals surface area (Å²) in [6.07, 6.45) is 49.1. The summed E-state index contributed by atoms with van der Waals surface area (Å²) >= 11 is 0. The molecule has 0 bridgehead atoms. The largest absolute Gasteiger partial charge is 0.477 e. The number of esters is 2. The van der Waals surface area contributed by atoms with E-state index in [1.807, 2.05) is 69.8 Å². The minimum absolute atomic E-state index is 0.0359. The van der Waals surface area contributed by atoms with Gasteiger partial charge in [0.15, 0.2) is 12.1 Å². The number of carbonyl (C=O) groups excluding carboxylic acids is 2. The second kappa shape index (κ2) is 38.4. The zero-order valence-corrected chi connectivity index (χ0v) is 36.1. The molecule has 2 unspecified atom stereocenters. The van der Waals surface area contributed by atoms with Crippen molar-refractivity contribution < 1.29 is 38.2 Å². The lowest BCUT2D eigenvalue weighted by molar-refractivity contribution is -0.887. The topological polar surface area (TPSA) is 99.1 Å². The first kappa shape index (κ1) is 52.5. The number of aliphatic carboxylic acids is 1. The van der Waals surface area contributed by atoms with E-state index in [0.717, 1.165) is 57.8 Å². The number of carboxylic acid groups (broad SMARTS) is 1. The highest BCUT2D eigenvalue weighted by atomic mass is 16.6. The first-order valence-electron chi connectivity index (χ1n) is 21.7. The Balaban J connectivity index is 4.46. The van der Waals surface area contributed by atoms with Crippen molar-refractivity contribution in [1.82, 2.24) is 0 Å². The molecule has 0 aliphatic carbocycles. The van der Waals surface area contributed by atoms with E-state index in [-0.39, 0.29) is 42.7 Å². The summed E-state index contributed by atoms with van der Waals surface area (Å²) in [5.74, 6) is -1.54. The molecule has 0 aliphatic rings. The Morgan fingerprint density at radius 2 is 1.07 bits per heavy atom. The summed E-state index contributed by atoms with van der Waals surface area (Å²) in [7, 11) is 5.49. The third-order valence-corrected chi connectivity index (χ3v) is 9.16. The minimum Gasteiger partial charge on any atom is -0.477 e. The van der Waals surface area contributed by atoms with Gasteiger partial charge in [-0.25, -0.2) is 4.79 Å². The fraction of sp³-hybridized carbons (Fsp3) is 0.646. The SMILES string of the molecule is CC/C=C/C=C/C=C/C=C/C=C/CCCCCC(=O)OC(COCCC(C(=O)O)[N+](C)(C)C)COC(=O)CCCCCCCCC/C=C/C/C=C/CCCCC. The highest BCUT2D eigenvalue weighted by Crippen LogP contribution is 2.13. The summed E-state index contributed by atoms with van der Waals surface area (Å²) in [6.45, 7) is 4.49. The quantitative estimate of drug-likeness (QED) is 0.0220. The van der Waals surface area contributed by atoms with Gasteiger partial charge in [0, 0.05) is 19.3 Å². The molecule has 8 nitrogen and oxygen atoms in total. The van der Waals surface area contributed by atoms with E-state index in [4.69, 9.17) is 14.2 Å². The van der Waals surface area contributed by atoms with Gasteiger partial charge in [-0.2, -0.15) is 0 Å².